The van der Waals surface area contributed by atoms with Gasteiger partial charge in [0.05, 0.1) is 5.41 Å². The molecule has 3 heteroatoms. The van der Waals surface area contributed by atoms with E-state index in [9.17, 15) is 0 Å². The molecule has 0 saturated carbocycles. The standard InChI is InChI=1S/C23H29N2S/c1-6-15-23(4)20-17-18(25(7-2)8-3)11-13-21(20)24(5)22(23)14-12-19-10-9-16-26-19/h6,9-14,16-17H,1,7-8,15H2,2-5H3/q+1. The van der Waals surface area contributed by atoms with Gasteiger partial charge in [-0.25, -0.2) is 0 Å². The summed E-state index contributed by atoms with van der Waals surface area (Å²) >= 11 is 1.77. The summed E-state index contributed by atoms with van der Waals surface area (Å²) in [6.07, 6.45) is 7.49. The first-order valence-electron chi connectivity index (χ1n) is 9.38. The molecule has 0 aliphatic carbocycles. The van der Waals surface area contributed by atoms with E-state index in [1.807, 2.05) is 6.08 Å². The number of fused-ring (bicyclic) bond motifs is 1. The number of hydrogen-bond donors (Lipinski definition) is 0. The number of hydrogen-bond acceptors (Lipinski definition) is 2. The van der Waals surface area contributed by atoms with Crippen LogP contribution in [0.15, 0.2) is 54.4 Å². The summed E-state index contributed by atoms with van der Waals surface area (Å²) in [4.78, 5) is 3.69. The minimum Gasteiger partial charge on any atom is -0.372 e. The van der Waals surface area contributed by atoms with E-state index >= 15 is 0 Å². The lowest BCUT2D eigenvalue weighted by molar-refractivity contribution is -0.401. The molecule has 26 heavy (non-hydrogen) atoms. The van der Waals surface area contributed by atoms with Gasteiger partial charge in [0, 0.05) is 41.4 Å². The van der Waals surface area contributed by atoms with Crippen LogP contribution in [0.3, 0.4) is 0 Å². The highest BCUT2D eigenvalue weighted by Crippen LogP contribution is 2.44. The largest absolute Gasteiger partial charge is 0.372 e. The van der Waals surface area contributed by atoms with Crippen LogP contribution in [0, 0.1) is 0 Å². The third-order valence-electron chi connectivity index (χ3n) is 5.49. The van der Waals surface area contributed by atoms with Crippen molar-refractivity contribution >= 4 is 34.5 Å². The molecule has 2 heterocycles. The monoisotopic (exact) mass is 365 g/mol. The minimum absolute atomic E-state index is 0.0528. The van der Waals surface area contributed by atoms with Gasteiger partial charge in [-0.2, -0.15) is 4.58 Å². The summed E-state index contributed by atoms with van der Waals surface area (Å²) in [7, 11) is 2.18. The predicted molar refractivity (Wildman–Crippen MR) is 116 cm³/mol. The molecule has 3 rings (SSSR count). The Morgan fingerprint density at radius 3 is 2.58 bits per heavy atom. The van der Waals surface area contributed by atoms with Gasteiger partial charge in [0.25, 0.3) is 0 Å². The molecule has 0 N–H and O–H groups in total. The predicted octanol–water partition coefficient (Wildman–Crippen LogP) is 5.87. The lowest BCUT2D eigenvalue weighted by Gasteiger charge is -2.24. The third kappa shape index (κ3) is 3.16. The maximum atomic E-state index is 4.04. The Bertz CT molecular complexity index is 841. The van der Waals surface area contributed by atoms with Crippen LogP contribution in [-0.2, 0) is 5.41 Å². The number of benzene rings is 1. The van der Waals surface area contributed by atoms with E-state index in [0.29, 0.717) is 0 Å². The van der Waals surface area contributed by atoms with Crippen molar-refractivity contribution in [1.29, 1.82) is 0 Å². The van der Waals surface area contributed by atoms with Gasteiger partial charge in [0.2, 0.25) is 5.69 Å². The zero-order valence-corrected chi connectivity index (χ0v) is 17.1. The molecule has 0 bridgehead atoms. The van der Waals surface area contributed by atoms with E-state index < -0.39 is 0 Å². The van der Waals surface area contributed by atoms with Gasteiger partial charge in [0.15, 0.2) is 5.71 Å². The molecule has 0 fully saturated rings. The molecule has 0 spiro atoms. The van der Waals surface area contributed by atoms with E-state index in [1.54, 1.807) is 11.3 Å². The van der Waals surface area contributed by atoms with Crippen LogP contribution in [0.25, 0.3) is 6.08 Å². The van der Waals surface area contributed by atoms with Crippen molar-refractivity contribution in [3.63, 3.8) is 0 Å². The number of nitrogens with zero attached hydrogens (tertiary/aromatic N) is 2. The molecule has 1 aromatic heterocycles. The van der Waals surface area contributed by atoms with Crippen LogP contribution in [0.2, 0.25) is 0 Å². The molecule has 2 aromatic rings. The first-order valence-corrected chi connectivity index (χ1v) is 10.3. The molecule has 1 aliphatic rings. The summed E-state index contributed by atoms with van der Waals surface area (Å²) in [5.74, 6) is 0. The van der Waals surface area contributed by atoms with E-state index in [0.717, 1.165) is 19.5 Å². The van der Waals surface area contributed by atoms with Gasteiger partial charge in [-0.15, -0.1) is 17.9 Å². The third-order valence-corrected chi connectivity index (χ3v) is 6.33. The van der Waals surface area contributed by atoms with Crippen molar-refractivity contribution in [2.45, 2.75) is 32.6 Å². The van der Waals surface area contributed by atoms with Crippen molar-refractivity contribution in [3.8, 4) is 0 Å². The molecule has 136 valence electrons. The lowest BCUT2D eigenvalue weighted by atomic mass is 9.76. The first-order chi connectivity index (χ1) is 12.5. The molecule has 0 saturated heterocycles. The SMILES string of the molecule is C=CCC1(C)C(C=Cc2cccs2)=[N+](C)c2ccc(N(CC)CC)cc21. The van der Waals surface area contributed by atoms with Crippen molar-refractivity contribution in [2.75, 3.05) is 25.0 Å². The van der Waals surface area contributed by atoms with Crippen LogP contribution in [-0.4, -0.2) is 30.4 Å². The Morgan fingerprint density at radius 2 is 1.96 bits per heavy atom. The Hall–Kier alpha value is -2.13. The summed E-state index contributed by atoms with van der Waals surface area (Å²) in [5.41, 5.74) is 5.28. The van der Waals surface area contributed by atoms with Gasteiger partial charge in [-0.1, -0.05) is 12.1 Å². The normalized spacial score (nSPS) is 19.2. The maximum absolute atomic E-state index is 4.04. The van der Waals surface area contributed by atoms with Crippen molar-refractivity contribution in [3.05, 3.63) is 64.9 Å². The zero-order chi connectivity index (χ0) is 18.7. The van der Waals surface area contributed by atoms with E-state index in [1.165, 1.54) is 27.5 Å². The van der Waals surface area contributed by atoms with Crippen molar-refractivity contribution in [1.82, 2.24) is 0 Å². The number of anilines is 1. The van der Waals surface area contributed by atoms with Crippen molar-refractivity contribution < 1.29 is 4.58 Å². The number of thiophene rings is 1. The summed E-state index contributed by atoms with van der Waals surface area (Å²) in [5, 5.41) is 2.12. The second-order valence-corrected chi connectivity index (χ2v) is 7.97. The highest BCUT2D eigenvalue weighted by molar-refractivity contribution is 7.10. The molecule has 0 radical (unpaired) electrons. The average Bonchev–Trinajstić information content (AvgIpc) is 3.22. The van der Waals surface area contributed by atoms with E-state index in [4.69, 9.17) is 0 Å². The number of rotatable bonds is 7. The van der Waals surface area contributed by atoms with Crippen LogP contribution >= 0.6 is 11.3 Å². The van der Waals surface area contributed by atoms with Crippen molar-refractivity contribution in [2.24, 2.45) is 0 Å². The summed E-state index contributed by atoms with van der Waals surface area (Å²) < 4.78 is 2.34. The fourth-order valence-corrected chi connectivity index (χ4v) is 4.65. The second-order valence-electron chi connectivity index (χ2n) is 6.99. The number of allylic oxidation sites excluding steroid dienone is 2. The van der Waals surface area contributed by atoms with Gasteiger partial charge >= 0.3 is 0 Å². The summed E-state index contributed by atoms with van der Waals surface area (Å²) in [6.45, 7) is 12.9. The van der Waals surface area contributed by atoms with Crippen LogP contribution in [0.4, 0.5) is 11.4 Å². The van der Waals surface area contributed by atoms with Gasteiger partial charge in [-0.3, -0.25) is 0 Å². The molecular weight excluding hydrogens is 336 g/mol. The molecule has 1 atom stereocenters. The van der Waals surface area contributed by atoms with Gasteiger partial charge in [0.1, 0.15) is 7.05 Å². The fourth-order valence-electron chi connectivity index (χ4n) is 4.03. The van der Waals surface area contributed by atoms with Crippen LogP contribution in [0.1, 0.15) is 37.6 Å². The molecule has 1 unspecified atom stereocenters. The quantitative estimate of drug-likeness (QED) is 0.439. The summed E-state index contributed by atoms with van der Waals surface area (Å²) in [6, 6.07) is 11.2. The molecule has 0 amide bonds. The molecular formula is C23H29N2S+. The molecule has 1 aromatic carbocycles. The lowest BCUT2D eigenvalue weighted by Crippen LogP contribution is -2.30. The average molecular weight is 366 g/mol. The van der Waals surface area contributed by atoms with E-state index in [-0.39, 0.29) is 5.41 Å². The minimum atomic E-state index is -0.0528. The fraction of sp³-hybridized carbons (Fsp3) is 0.348. The van der Waals surface area contributed by atoms with Crippen LogP contribution in [0.5, 0.6) is 0 Å². The topological polar surface area (TPSA) is 6.25 Å². The highest BCUT2D eigenvalue weighted by Gasteiger charge is 2.45. The second kappa shape index (κ2) is 7.63. The highest BCUT2D eigenvalue weighted by atomic mass is 32.1. The zero-order valence-electron chi connectivity index (χ0n) is 16.3. The van der Waals surface area contributed by atoms with E-state index in [2.05, 4.69) is 91.7 Å². The van der Waals surface area contributed by atoms with Crippen LogP contribution < -0.4 is 4.90 Å². The van der Waals surface area contributed by atoms with Gasteiger partial charge in [-0.05, 0) is 56.8 Å². The Balaban J connectivity index is 2.08. The molecule has 2 nitrogen and oxygen atoms in total. The first kappa shape index (κ1) is 18.7. The Labute approximate surface area is 161 Å². The van der Waals surface area contributed by atoms with Gasteiger partial charge < -0.3 is 4.90 Å². The Kier molecular flexibility index (Phi) is 5.47. The Morgan fingerprint density at radius 1 is 1.19 bits per heavy atom. The molecule has 1 aliphatic heterocycles. The smallest absolute Gasteiger partial charge is 0.209 e. The maximum Gasteiger partial charge on any atom is 0.209 e.